The van der Waals surface area contributed by atoms with E-state index in [4.69, 9.17) is 0 Å². The minimum Gasteiger partial charge on any atom is -0.250 e. The highest BCUT2D eigenvalue weighted by atomic mass is 32.2. The zero-order valence-corrected chi connectivity index (χ0v) is 6.62. The summed E-state index contributed by atoms with van der Waals surface area (Å²) in [6.45, 7) is 3.52. The van der Waals surface area contributed by atoms with E-state index in [1.165, 1.54) is 7.98 Å². The summed E-state index contributed by atoms with van der Waals surface area (Å²) in [5.41, 5.74) is 0. The van der Waals surface area contributed by atoms with Crippen LogP contribution in [0.5, 0.6) is 0 Å². The number of hydrogen-bond acceptors (Lipinski definition) is 2. The van der Waals surface area contributed by atoms with E-state index in [0.717, 1.165) is 0 Å². The zero-order valence-electron chi connectivity index (χ0n) is 5.80. The maximum Gasteiger partial charge on any atom is 0.266 e. The van der Waals surface area contributed by atoms with Crippen LogP contribution in [-0.4, -0.2) is 22.4 Å². The van der Waals surface area contributed by atoms with Crippen molar-refractivity contribution in [3.8, 4) is 0 Å². The number of nitrogens with one attached hydrogen (secondary N) is 2. The molecule has 0 aliphatic heterocycles. The van der Waals surface area contributed by atoms with Gasteiger partial charge in [-0.2, -0.15) is 8.42 Å². The van der Waals surface area contributed by atoms with Crippen LogP contribution in [-0.2, 0) is 10.2 Å². The first-order valence-electron chi connectivity index (χ1n) is 2.68. The highest BCUT2D eigenvalue weighted by Crippen LogP contribution is 1.79. The van der Waals surface area contributed by atoms with E-state index in [-0.39, 0.29) is 6.04 Å². The monoisotopic (exact) mass is 150 g/mol. The van der Waals surface area contributed by atoms with Gasteiger partial charge in [0.2, 0.25) is 7.98 Å². The molecule has 0 unspecified atom stereocenters. The van der Waals surface area contributed by atoms with E-state index in [9.17, 15) is 8.42 Å². The fourth-order valence-corrected chi connectivity index (χ4v) is 1.11. The Kier molecular flexibility index (Phi) is 3.17. The number of rotatable bonds is 3. The average molecular weight is 150 g/mol. The lowest BCUT2D eigenvalue weighted by molar-refractivity contribution is 0.567. The Morgan fingerprint density at radius 3 is 2.00 bits per heavy atom. The van der Waals surface area contributed by atoms with E-state index >= 15 is 0 Å². The largest absolute Gasteiger partial charge is 0.266 e. The lowest BCUT2D eigenvalue weighted by Crippen LogP contribution is -2.38. The van der Waals surface area contributed by atoms with Crippen molar-refractivity contribution >= 4 is 18.2 Å². The van der Waals surface area contributed by atoms with Crippen molar-refractivity contribution in [3.63, 3.8) is 0 Å². The second-order valence-electron chi connectivity index (χ2n) is 1.98. The predicted octanol–water partition coefficient (Wildman–Crippen LogP) is -1.63. The van der Waals surface area contributed by atoms with Gasteiger partial charge in [0.1, 0.15) is 0 Å². The zero-order chi connectivity index (χ0) is 7.49. The van der Waals surface area contributed by atoms with Crippen molar-refractivity contribution in [1.29, 1.82) is 0 Å². The van der Waals surface area contributed by atoms with Gasteiger partial charge in [0.25, 0.3) is 10.2 Å². The van der Waals surface area contributed by atoms with Crippen molar-refractivity contribution in [1.82, 2.24) is 9.36 Å². The first-order valence-corrected chi connectivity index (χ1v) is 4.17. The van der Waals surface area contributed by atoms with Crippen LogP contribution >= 0.6 is 0 Å². The standard InChI is InChI=1S/C3H11BN2O2S/c1-3(2)5-9(7,8)6-4/h3,5-6H,4H2,1-2H3. The van der Waals surface area contributed by atoms with Crippen LogP contribution in [0.3, 0.4) is 0 Å². The lowest BCUT2D eigenvalue weighted by atomic mass is 10.4. The molecule has 0 atom stereocenters. The van der Waals surface area contributed by atoms with E-state index in [2.05, 4.69) is 9.36 Å². The second kappa shape index (κ2) is 3.19. The van der Waals surface area contributed by atoms with Crippen LogP contribution in [0.1, 0.15) is 13.8 Å². The van der Waals surface area contributed by atoms with Gasteiger partial charge < -0.3 is 0 Å². The molecule has 0 radical (unpaired) electrons. The molecule has 0 aromatic rings. The normalized spacial score (nSPS) is 12.3. The van der Waals surface area contributed by atoms with Crippen LogP contribution in [0.15, 0.2) is 0 Å². The van der Waals surface area contributed by atoms with Gasteiger partial charge in [0, 0.05) is 6.04 Å². The molecule has 0 amide bonds. The summed E-state index contributed by atoms with van der Waals surface area (Å²) in [6, 6.07) is -0.0533. The minimum atomic E-state index is -3.22. The van der Waals surface area contributed by atoms with Crippen LogP contribution < -0.4 is 9.36 Å². The SMILES string of the molecule is BNS(=O)(=O)NC(C)C. The minimum absolute atomic E-state index is 0.0533. The van der Waals surface area contributed by atoms with Gasteiger partial charge in [0.05, 0.1) is 0 Å². The lowest BCUT2D eigenvalue weighted by Gasteiger charge is -2.06. The molecule has 0 aliphatic carbocycles. The highest BCUT2D eigenvalue weighted by Gasteiger charge is 2.05. The van der Waals surface area contributed by atoms with Crippen LogP contribution in [0, 0.1) is 0 Å². The molecule has 6 heteroatoms. The molecule has 0 aromatic heterocycles. The van der Waals surface area contributed by atoms with Gasteiger partial charge in [-0.05, 0) is 13.8 Å². The third-order valence-electron chi connectivity index (χ3n) is 0.660. The molecule has 4 nitrogen and oxygen atoms in total. The maximum absolute atomic E-state index is 10.6. The van der Waals surface area contributed by atoms with E-state index in [0.29, 0.717) is 0 Å². The van der Waals surface area contributed by atoms with Crippen molar-refractivity contribution in [3.05, 3.63) is 0 Å². The Morgan fingerprint density at radius 1 is 1.44 bits per heavy atom. The first-order chi connectivity index (χ1) is 3.98. The summed E-state index contributed by atoms with van der Waals surface area (Å²) in [7, 11) is -1.85. The molecule has 0 aromatic carbocycles. The molecule has 0 saturated heterocycles. The fraction of sp³-hybridized carbons (Fsp3) is 1.00. The van der Waals surface area contributed by atoms with Crippen LogP contribution in [0.2, 0.25) is 0 Å². The summed E-state index contributed by atoms with van der Waals surface area (Å²) in [6.07, 6.45) is 0. The molecular formula is C3H11BN2O2S. The molecule has 0 rings (SSSR count). The highest BCUT2D eigenvalue weighted by molar-refractivity contribution is 7.88. The molecule has 0 aliphatic rings. The Bertz CT molecular complexity index is 165. The maximum atomic E-state index is 10.6. The van der Waals surface area contributed by atoms with Crippen molar-refractivity contribution in [2.45, 2.75) is 19.9 Å². The molecule has 0 heterocycles. The Labute approximate surface area is 56.6 Å². The predicted molar refractivity (Wildman–Crippen MR) is 38.9 cm³/mol. The number of hydrogen-bond donors (Lipinski definition) is 2. The van der Waals surface area contributed by atoms with Gasteiger partial charge in [-0.25, -0.2) is 4.72 Å². The van der Waals surface area contributed by atoms with Gasteiger partial charge in [0.15, 0.2) is 0 Å². The molecule has 0 fully saturated rings. The average Bonchev–Trinajstić information content (AvgIpc) is 1.63. The fourth-order valence-electron chi connectivity index (χ4n) is 0.369. The van der Waals surface area contributed by atoms with E-state index in [1.807, 2.05) is 0 Å². The molecule has 0 spiro atoms. The van der Waals surface area contributed by atoms with Crippen molar-refractivity contribution < 1.29 is 8.42 Å². The Hall–Kier alpha value is -0.0651. The summed E-state index contributed by atoms with van der Waals surface area (Å²) in [5.74, 6) is 0. The molecule has 0 bridgehead atoms. The van der Waals surface area contributed by atoms with E-state index in [1.54, 1.807) is 13.8 Å². The van der Waals surface area contributed by atoms with Crippen LogP contribution in [0.4, 0.5) is 0 Å². The molecule has 2 N–H and O–H groups in total. The van der Waals surface area contributed by atoms with Crippen LogP contribution in [0.25, 0.3) is 0 Å². The second-order valence-corrected chi connectivity index (χ2v) is 3.63. The molecule has 0 saturated carbocycles. The van der Waals surface area contributed by atoms with Gasteiger partial charge in [-0.3, -0.25) is 4.63 Å². The Balaban J connectivity index is 3.90. The smallest absolute Gasteiger partial charge is 0.250 e. The molecule has 54 valence electrons. The van der Waals surface area contributed by atoms with Crippen molar-refractivity contribution in [2.75, 3.05) is 0 Å². The molecular weight excluding hydrogens is 139 g/mol. The summed E-state index contributed by atoms with van der Waals surface area (Å²) < 4.78 is 25.6. The quantitative estimate of drug-likeness (QED) is 0.474. The topological polar surface area (TPSA) is 58.2 Å². The van der Waals surface area contributed by atoms with Crippen molar-refractivity contribution in [2.24, 2.45) is 0 Å². The first kappa shape index (κ1) is 8.93. The Morgan fingerprint density at radius 2 is 1.89 bits per heavy atom. The molecule has 9 heavy (non-hydrogen) atoms. The van der Waals surface area contributed by atoms with E-state index < -0.39 is 10.2 Å². The van der Waals surface area contributed by atoms with Gasteiger partial charge in [-0.1, -0.05) is 0 Å². The van der Waals surface area contributed by atoms with Gasteiger partial charge >= 0.3 is 0 Å². The summed E-state index contributed by atoms with van der Waals surface area (Å²) in [5, 5.41) is 0. The van der Waals surface area contributed by atoms with Gasteiger partial charge in [-0.15, -0.1) is 0 Å². The summed E-state index contributed by atoms with van der Waals surface area (Å²) in [4.78, 5) is 0. The summed E-state index contributed by atoms with van der Waals surface area (Å²) >= 11 is 0. The third kappa shape index (κ3) is 4.44. The third-order valence-corrected chi connectivity index (χ3v) is 1.98.